The molecule has 1 fully saturated rings. The van der Waals surface area contributed by atoms with Gasteiger partial charge in [0.05, 0.1) is 12.8 Å². The van der Waals surface area contributed by atoms with Crippen molar-refractivity contribution >= 4 is 0 Å². The van der Waals surface area contributed by atoms with Gasteiger partial charge in [-0.3, -0.25) is 4.98 Å². The Balaban J connectivity index is 2.02. The van der Waals surface area contributed by atoms with Gasteiger partial charge in [-0.05, 0) is 50.3 Å². The third kappa shape index (κ3) is 3.45. The van der Waals surface area contributed by atoms with Gasteiger partial charge in [-0.1, -0.05) is 13.3 Å². The van der Waals surface area contributed by atoms with Gasteiger partial charge >= 0.3 is 0 Å². The number of nitrogens with zero attached hydrogens (tertiary/aromatic N) is 1. The van der Waals surface area contributed by atoms with Gasteiger partial charge in [0.15, 0.2) is 0 Å². The Bertz CT molecular complexity index is 367. The maximum Gasteiger partial charge on any atom is 0.137 e. The van der Waals surface area contributed by atoms with E-state index >= 15 is 0 Å². The summed E-state index contributed by atoms with van der Waals surface area (Å²) < 4.78 is 5.66. The molecule has 1 saturated carbocycles. The average molecular weight is 248 g/mol. The highest BCUT2D eigenvalue weighted by atomic mass is 16.5. The van der Waals surface area contributed by atoms with Crippen molar-refractivity contribution in [3.63, 3.8) is 0 Å². The van der Waals surface area contributed by atoms with Gasteiger partial charge in [0.2, 0.25) is 0 Å². The molecule has 0 aromatic carbocycles. The Kier molecular flexibility index (Phi) is 5.00. The molecule has 0 aliphatic heterocycles. The largest absolute Gasteiger partial charge is 0.492 e. The van der Waals surface area contributed by atoms with Gasteiger partial charge in [-0.25, -0.2) is 0 Å². The summed E-state index contributed by atoms with van der Waals surface area (Å²) in [6.07, 6.45) is 9.95. The summed E-state index contributed by atoms with van der Waals surface area (Å²) in [5, 5.41) is 3.40. The molecule has 0 bridgehead atoms. The van der Waals surface area contributed by atoms with Gasteiger partial charge in [0, 0.05) is 12.2 Å². The Hall–Kier alpha value is -1.09. The number of aromatic nitrogens is 1. The van der Waals surface area contributed by atoms with Crippen LogP contribution in [0.4, 0.5) is 0 Å². The molecular weight excluding hydrogens is 224 g/mol. The molecule has 1 aliphatic carbocycles. The van der Waals surface area contributed by atoms with Crippen LogP contribution in [-0.2, 0) is 0 Å². The van der Waals surface area contributed by atoms with Crippen LogP contribution in [-0.4, -0.2) is 24.7 Å². The minimum atomic E-state index is 0.633. The minimum Gasteiger partial charge on any atom is -0.492 e. The van der Waals surface area contributed by atoms with Crippen LogP contribution in [0.5, 0.6) is 5.75 Å². The lowest BCUT2D eigenvalue weighted by atomic mass is 9.82. The number of ether oxygens (including phenoxy) is 1. The van der Waals surface area contributed by atoms with Crippen molar-refractivity contribution in [3.8, 4) is 5.75 Å². The second-order valence-electron chi connectivity index (χ2n) is 5.15. The molecule has 0 radical (unpaired) electrons. The van der Waals surface area contributed by atoms with E-state index in [1.807, 2.05) is 12.4 Å². The van der Waals surface area contributed by atoms with E-state index in [-0.39, 0.29) is 0 Å². The fraction of sp³-hybridized carbons (Fsp3) is 0.667. The average Bonchev–Trinajstić information content (AvgIpc) is 2.45. The van der Waals surface area contributed by atoms with Crippen LogP contribution in [0.25, 0.3) is 0 Å². The number of hydrogen-bond acceptors (Lipinski definition) is 3. The molecule has 2 rings (SSSR count). The number of rotatable bonds is 5. The Labute approximate surface area is 110 Å². The second kappa shape index (κ2) is 6.74. The normalized spacial score (nSPS) is 23.9. The summed E-state index contributed by atoms with van der Waals surface area (Å²) in [6.45, 7) is 2.89. The van der Waals surface area contributed by atoms with E-state index in [4.69, 9.17) is 4.74 Å². The van der Waals surface area contributed by atoms with Crippen LogP contribution in [0.1, 0.15) is 50.5 Å². The summed E-state index contributed by atoms with van der Waals surface area (Å²) in [5.74, 6) is 1.55. The van der Waals surface area contributed by atoms with Gasteiger partial charge in [-0.15, -0.1) is 0 Å². The SMILES string of the molecule is CCCOc1cncc(C2CCCC(NC)C2)c1. The van der Waals surface area contributed by atoms with E-state index in [0.717, 1.165) is 18.8 Å². The molecule has 18 heavy (non-hydrogen) atoms. The van der Waals surface area contributed by atoms with Crippen LogP contribution in [0.3, 0.4) is 0 Å². The lowest BCUT2D eigenvalue weighted by molar-refractivity contribution is 0.314. The van der Waals surface area contributed by atoms with E-state index in [1.54, 1.807) is 0 Å². The molecule has 3 heteroatoms. The molecule has 1 aliphatic rings. The first-order chi connectivity index (χ1) is 8.83. The Morgan fingerprint density at radius 2 is 2.28 bits per heavy atom. The van der Waals surface area contributed by atoms with Gasteiger partial charge < -0.3 is 10.1 Å². The topological polar surface area (TPSA) is 34.1 Å². The highest BCUT2D eigenvalue weighted by molar-refractivity contribution is 5.26. The first-order valence-electron chi connectivity index (χ1n) is 7.08. The third-order valence-corrected chi connectivity index (χ3v) is 3.76. The fourth-order valence-electron chi connectivity index (χ4n) is 2.71. The summed E-state index contributed by atoms with van der Waals surface area (Å²) in [4.78, 5) is 4.32. The predicted octanol–water partition coefficient (Wildman–Crippen LogP) is 3.12. The van der Waals surface area contributed by atoms with Crippen molar-refractivity contribution in [3.05, 3.63) is 24.0 Å². The quantitative estimate of drug-likeness (QED) is 0.869. The van der Waals surface area contributed by atoms with Gasteiger partial charge in [0.1, 0.15) is 5.75 Å². The van der Waals surface area contributed by atoms with E-state index in [1.165, 1.54) is 31.2 Å². The minimum absolute atomic E-state index is 0.633. The number of nitrogens with one attached hydrogen (secondary N) is 1. The zero-order valence-electron chi connectivity index (χ0n) is 11.5. The highest BCUT2D eigenvalue weighted by Gasteiger charge is 2.22. The van der Waals surface area contributed by atoms with E-state index < -0.39 is 0 Å². The summed E-state index contributed by atoms with van der Waals surface area (Å²) in [7, 11) is 2.06. The molecular formula is C15H24N2O. The van der Waals surface area contributed by atoms with Crippen molar-refractivity contribution in [2.24, 2.45) is 0 Å². The third-order valence-electron chi connectivity index (χ3n) is 3.76. The molecule has 1 aromatic rings. The molecule has 0 amide bonds. The Morgan fingerprint density at radius 1 is 1.39 bits per heavy atom. The molecule has 100 valence electrons. The van der Waals surface area contributed by atoms with E-state index in [2.05, 4.69) is 30.3 Å². The first kappa shape index (κ1) is 13.3. The highest BCUT2D eigenvalue weighted by Crippen LogP contribution is 2.33. The molecule has 0 saturated heterocycles. The number of hydrogen-bond donors (Lipinski definition) is 1. The van der Waals surface area contributed by atoms with Crippen molar-refractivity contribution in [1.82, 2.24) is 10.3 Å². The fourth-order valence-corrected chi connectivity index (χ4v) is 2.71. The summed E-state index contributed by atoms with van der Waals surface area (Å²) in [5.41, 5.74) is 1.34. The van der Waals surface area contributed by atoms with E-state index in [0.29, 0.717) is 12.0 Å². The smallest absolute Gasteiger partial charge is 0.137 e. The predicted molar refractivity (Wildman–Crippen MR) is 74.1 cm³/mol. The van der Waals surface area contributed by atoms with Crippen LogP contribution in [0, 0.1) is 0 Å². The molecule has 1 heterocycles. The van der Waals surface area contributed by atoms with Crippen molar-refractivity contribution < 1.29 is 4.74 Å². The molecule has 0 spiro atoms. The zero-order chi connectivity index (χ0) is 12.8. The maximum atomic E-state index is 5.66. The molecule has 2 atom stereocenters. The maximum absolute atomic E-state index is 5.66. The van der Waals surface area contributed by atoms with Crippen LogP contribution in [0.2, 0.25) is 0 Å². The first-order valence-corrected chi connectivity index (χ1v) is 7.08. The number of pyridine rings is 1. The molecule has 2 unspecified atom stereocenters. The molecule has 3 nitrogen and oxygen atoms in total. The molecule has 1 aromatic heterocycles. The summed E-state index contributed by atoms with van der Waals surface area (Å²) in [6, 6.07) is 2.83. The molecule has 1 N–H and O–H groups in total. The van der Waals surface area contributed by atoms with Crippen LogP contribution in [0.15, 0.2) is 18.5 Å². The standard InChI is InChI=1S/C15H24N2O/c1-3-7-18-15-9-13(10-17-11-15)12-5-4-6-14(8-12)16-2/h9-12,14,16H,3-8H2,1-2H3. The lowest BCUT2D eigenvalue weighted by Crippen LogP contribution is -2.30. The lowest BCUT2D eigenvalue weighted by Gasteiger charge is -2.29. The second-order valence-corrected chi connectivity index (χ2v) is 5.15. The monoisotopic (exact) mass is 248 g/mol. The van der Waals surface area contributed by atoms with E-state index in [9.17, 15) is 0 Å². The summed E-state index contributed by atoms with van der Waals surface area (Å²) >= 11 is 0. The Morgan fingerprint density at radius 3 is 3.06 bits per heavy atom. The van der Waals surface area contributed by atoms with Gasteiger partial charge in [-0.2, -0.15) is 0 Å². The van der Waals surface area contributed by atoms with Crippen molar-refractivity contribution in [2.75, 3.05) is 13.7 Å². The zero-order valence-corrected chi connectivity index (χ0v) is 11.5. The van der Waals surface area contributed by atoms with Crippen LogP contribution < -0.4 is 10.1 Å². The van der Waals surface area contributed by atoms with Crippen LogP contribution >= 0.6 is 0 Å². The van der Waals surface area contributed by atoms with Gasteiger partial charge in [0.25, 0.3) is 0 Å². The van der Waals surface area contributed by atoms with Crippen molar-refractivity contribution in [2.45, 2.75) is 51.0 Å². The van der Waals surface area contributed by atoms with Crippen molar-refractivity contribution in [1.29, 1.82) is 0 Å².